The van der Waals surface area contributed by atoms with Crippen LogP contribution in [0.1, 0.15) is 30.0 Å². The van der Waals surface area contributed by atoms with E-state index in [2.05, 4.69) is 51.8 Å². The molecule has 0 spiro atoms. The van der Waals surface area contributed by atoms with Crippen molar-refractivity contribution in [2.75, 3.05) is 0 Å². The quantitative estimate of drug-likeness (QED) is 0.600. The van der Waals surface area contributed by atoms with Crippen LogP contribution in [-0.4, -0.2) is 0 Å². The van der Waals surface area contributed by atoms with Crippen LogP contribution in [-0.2, 0) is 0 Å². The number of halogens is 3. The molecule has 1 fully saturated rings. The Morgan fingerprint density at radius 1 is 1.64 bits per heavy atom. The number of hydrogen-bond donors (Lipinski definition) is 0. The third-order valence-corrected chi connectivity index (χ3v) is 6.87. The van der Waals surface area contributed by atoms with E-state index in [0.717, 1.165) is 14.7 Å². The molecule has 2 atom stereocenters. The molecule has 78 valence electrons. The molecule has 2 rings (SSSR count). The highest BCUT2D eigenvalue weighted by molar-refractivity contribution is 9.10. The number of alkyl halides is 1. The van der Waals surface area contributed by atoms with Gasteiger partial charge in [-0.1, -0.05) is 41.4 Å². The lowest BCUT2D eigenvalue weighted by Gasteiger charge is -2.08. The maximum Gasteiger partial charge on any atom is 0.107 e. The lowest BCUT2D eigenvalue weighted by atomic mass is 10.1. The first-order valence-corrected chi connectivity index (χ1v) is 7.41. The second kappa shape index (κ2) is 3.76. The zero-order chi connectivity index (χ0) is 10.5. The Hall–Kier alpha value is 0.950. The summed E-state index contributed by atoms with van der Waals surface area (Å²) in [5, 5.41) is 0. The van der Waals surface area contributed by atoms with E-state index in [1.807, 2.05) is 0 Å². The first-order valence-electron chi connectivity index (χ1n) is 4.50. The Morgan fingerprint density at radius 3 is 2.57 bits per heavy atom. The van der Waals surface area contributed by atoms with Crippen molar-refractivity contribution >= 4 is 54.8 Å². The van der Waals surface area contributed by atoms with Crippen LogP contribution in [0.4, 0.5) is 0 Å². The maximum absolute atomic E-state index is 6.02. The van der Waals surface area contributed by atoms with Crippen molar-refractivity contribution in [3.63, 3.8) is 0 Å². The smallest absolute Gasteiger partial charge is 0.107 e. The summed E-state index contributed by atoms with van der Waals surface area (Å²) in [6.45, 7) is 4.63. The van der Waals surface area contributed by atoms with Crippen LogP contribution in [0.5, 0.6) is 0 Å². The molecule has 1 aliphatic rings. The largest absolute Gasteiger partial charge is 0.126 e. The van der Waals surface area contributed by atoms with Crippen LogP contribution in [0.3, 0.4) is 0 Å². The second-order valence-corrected chi connectivity index (χ2v) is 8.00. The third-order valence-electron chi connectivity index (χ3n) is 2.88. The van der Waals surface area contributed by atoms with Gasteiger partial charge in [0.05, 0.1) is 4.83 Å². The van der Waals surface area contributed by atoms with Crippen molar-refractivity contribution < 1.29 is 0 Å². The van der Waals surface area contributed by atoms with E-state index in [9.17, 15) is 0 Å². The summed E-state index contributed by atoms with van der Waals surface area (Å²) in [6, 6.07) is 2.13. The van der Waals surface area contributed by atoms with Gasteiger partial charge >= 0.3 is 0 Å². The number of rotatable bonds is 2. The third kappa shape index (κ3) is 2.06. The first kappa shape index (κ1) is 11.4. The molecule has 0 amide bonds. The summed E-state index contributed by atoms with van der Waals surface area (Å²) in [5.41, 5.74) is 0.497. The molecule has 1 aliphatic carbocycles. The van der Waals surface area contributed by atoms with E-state index >= 15 is 0 Å². The first-order chi connectivity index (χ1) is 6.42. The normalized spacial score (nSPS) is 26.2. The fourth-order valence-electron chi connectivity index (χ4n) is 1.70. The van der Waals surface area contributed by atoms with Gasteiger partial charge in [0.1, 0.15) is 4.34 Å². The summed E-state index contributed by atoms with van der Waals surface area (Å²) in [5.74, 6) is 0.754. The van der Waals surface area contributed by atoms with Crippen molar-refractivity contribution in [1.29, 1.82) is 0 Å². The minimum Gasteiger partial charge on any atom is -0.126 e. The highest BCUT2D eigenvalue weighted by atomic mass is 79.9. The fourth-order valence-corrected chi connectivity index (χ4v) is 4.80. The van der Waals surface area contributed by atoms with Crippen LogP contribution in [0.2, 0.25) is 4.34 Å². The van der Waals surface area contributed by atoms with Crippen LogP contribution in [0.25, 0.3) is 0 Å². The van der Waals surface area contributed by atoms with Crippen LogP contribution in [0.15, 0.2) is 10.5 Å². The Bertz CT molecular complexity index is 340. The van der Waals surface area contributed by atoms with E-state index in [1.165, 1.54) is 11.3 Å². The van der Waals surface area contributed by atoms with Gasteiger partial charge in [-0.2, -0.15) is 0 Å². The minimum atomic E-state index is 0.464. The van der Waals surface area contributed by atoms with Crippen molar-refractivity contribution in [2.45, 2.75) is 25.1 Å². The summed E-state index contributed by atoms with van der Waals surface area (Å²) in [7, 11) is 0. The molecule has 0 bridgehead atoms. The topological polar surface area (TPSA) is 0 Å². The van der Waals surface area contributed by atoms with Gasteiger partial charge in [0.15, 0.2) is 0 Å². The molecule has 0 nitrogen and oxygen atoms in total. The highest BCUT2D eigenvalue weighted by Crippen LogP contribution is 2.61. The highest BCUT2D eigenvalue weighted by Gasteiger charge is 2.50. The summed E-state index contributed by atoms with van der Waals surface area (Å²) in [4.78, 5) is 1.80. The molecule has 0 saturated heterocycles. The average molecular weight is 359 g/mol. The molecule has 2 unspecified atom stereocenters. The predicted octanol–water partition coefficient (Wildman–Crippen LogP) is 5.65. The van der Waals surface area contributed by atoms with Gasteiger partial charge in [-0.3, -0.25) is 0 Å². The van der Waals surface area contributed by atoms with Gasteiger partial charge in [0, 0.05) is 9.35 Å². The molecular formula is C10H11Br2ClS. The van der Waals surface area contributed by atoms with Crippen molar-refractivity contribution in [3.8, 4) is 0 Å². The van der Waals surface area contributed by atoms with Gasteiger partial charge in [-0.15, -0.1) is 11.3 Å². The molecule has 0 N–H and O–H groups in total. The lowest BCUT2D eigenvalue weighted by molar-refractivity contribution is 0.557. The Labute approximate surface area is 110 Å². The molecule has 14 heavy (non-hydrogen) atoms. The molecule has 1 heterocycles. The zero-order valence-electron chi connectivity index (χ0n) is 7.98. The molecule has 0 aromatic carbocycles. The van der Waals surface area contributed by atoms with Gasteiger partial charge < -0.3 is 0 Å². The van der Waals surface area contributed by atoms with E-state index < -0.39 is 0 Å². The maximum atomic E-state index is 6.02. The predicted molar refractivity (Wildman–Crippen MR) is 70.6 cm³/mol. The molecule has 1 aromatic rings. The Kier molecular flexibility index (Phi) is 3.07. The molecule has 1 saturated carbocycles. The number of thiophene rings is 1. The molecule has 0 radical (unpaired) electrons. The zero-order valence-corrected chi connectivity index (χ0v) is 12.7. The average Bonchev–Trinajstić information content (AvgIpc) is 2.59. The molecular weight excluding hydrogens is 347 g/mol. The Morgan fingerprint density at radius 2 is 2.21 bits per heavy atom. The van der Waals surface area contributed by atoms with Crippen molar-refractivity contribution in [3.05, 3.63) is 19.8 Å². The molecule has 1 aromatic heterocycles. The monoisotopic (exact) mass is 356 g/mol. The molecule has 4 heteroatoms. The second-order valence-electron chi connectivity index (χ2n) is 4.47. The van der Waals surface area contributed by atoms with Crippen LogP contribution >= 0.6 is 54.8 Å². The van der Waals surface area contributed by atoms with Crippen molar-refractivity contribution in [1.82, 2.24) is 0 Å². The summed E-state index contributed by atoms with van der Waals surface area (Å²) >= 11 is 14.9. The van der Waals surface area contributed by atoms with E-state index in [-0.39, 0.29) is 0 Å². The standard InChI is InChI=1S/C10H11Br2ClS/c1-10(2)4-5(10)8(12)7-3-6(11)9(13)14-7/h3,5,8H,4H2,1-2H3. The van der Waals surface area contributed by atoms with Gasteiger partial charge in [0.2, 0.25) is 0 Å². The van der Waals surface area contributed by atoms with E-state index in [4.69, 9.17) is 11.6 Å². The number of hydrogen-bond acceptors (Lipinski definition) is 1. The lowest BCUT2D eigenvalue weighted by Crippen LogP contribution is -1.96. The Balaban J connectivity index is 2.16. The van der Waals surface area contributed by atoms with E-state index in [1.54, 1.807) is 11.3 Å². The minimum absolute atomic E-state index is 0.464. The molecule has 0 aliphatic heterocycles. The fraction of sp³-hybridized carbons (Fsp3) is 0.600. The van der Waals surface area contributed by atoms with Crippen LogP contribution in [0, 0.1) is 11.3 Å². The SMILES string of the molecule is CC1(C)CC1C(Br)c1cc(Br)c(Cl)s1. The van der Waals surface area contributed by atoms with Crippen LogP contribution < -0.4 is 0 Å². The van der Waals surface area contributed by atoms with Gasteiger partial charge in [0.25, 0.3) is 0 Å². The summed E-state index contributed by atoms with van der Waals surface area (Å²) < 4.78 is 1.87. The van der Waals surface area contributed by atoms with Crippen molar-refractivity contribution in [2.24, 2.45) is 11.3 Å². The van der Waals surface area contributed by atoms with Gasteiger partial charge in [-0.25, -0.2) is 0 Å². The summed E-state index contributed by atoms with van der Waals surface area (Å²) in [6.07, 6.45) is 1.30. The van der Waals surface area contributed by atoms with Gasteiger partial charge in [-0.05, 0) is 39.8 Å². The van der Waals surface area contributed by atoms with E-state index in [0.29, 0.717) is 10.2 Å².